The van der Waals surface area contributed by atoms with Crippen LogP contribution in [0.25, 0.3) is 0 Å². The number of aliphatic carboxylic acids is 1. The summed E-state index contributed by atoms with van der Waals surface area (Å²) in [7, 11) is 0. The Morgan fingerprint density at radius 3 is 2.46 bits per heavy atom. The predicted octanol–water partition coefficient (Wildman–Crippen LogP) is 3.37. The smallest absolute Gasteiger partial charge is 0.326 e. The standard InChI is InChI=1S/C20H29N3O3/c1-20(2,3)23-16(12-8-9-12)11-14(21-23)18(24)22-15-7-5-4-6-13(15)10-17(22)19(25)26/h11-13,15,17H,4-10H2,1-3H3,(H,25,26)/t13-,15+,17+/m1/s1. The van der Waals surface area contributed by atoms with E-state index < -0.39 is 12.0 Å². The molecule has 0 bridgehead atoms. The highest BCUT2D eigenvalue weighted by Gasteiger charge is 2.48. The number of carbonyl (C=O) groups is 2. The summed E-state index contributed by atoms with van der Waals surface area (Å²) in [6, 6.07) is 1.27. The van der Waals surface area contributed by atoms with E-state index in [4.69, 9.17) is 0 Å². The number of carbonyl (C=O) groups excluding carboxylic acids is 1. The second-order valence-electron chi connectivity index (χ2n) is 9.23. The van der Waals surface area contributed by atoms with Crippen molar-refractivity contribution in [2.75, 3.05) is 0 Å². The average Bonchev–Trinajstić information content (AvgIpc) is 3.19. The zero-order valence-electron chi connectivity index (χ0n) is 15.9. The summed E-state index contributed by atoms with van der Waals surface area (Å²) in [6.45, 7) is 6.27. The lowest BCUT2D eigenvalue weighted by molar-refractivity contribution is -0.141. The Balaban J connectivity index is 1.68. The number of nitrogens with zero attached hydrogens (tertiary/aromatic N) is 3. The van der Waals surface area contributed by atoms with E-state index in [1.54, 1.807) is 4.90 Å². The molecule has 2 saturated carbocycles. The molecule has 26 heavy (non-hydrogen) atoms. The minimum absolute atomic E-state index is 0.0570. The van der Waals surface area contributed by atoms with Crippen LogP contribution in [-0.4, -0.2) is 43.7 Å². The topological polar surface area (TPSA) is 75.4 Å². The first-order chi connectivity index (χ1) is 12.3. The molecule has 1 aliphatic heterocycles. The summed E-state index contributed by atoms with van der Waals surface area (Å²) in [5.74, 6) is -0.275. The van der Waals surface area contributed by atoms with Crippen LogP contribution in [-0.2, 0) is 10.3 Å². The number of aromatic nitrogens is 2. The van der Waals surface area contributed by atoms with E-state index in [-0.39, 0.29) is 17.5 Å². The predicted molar refractivity (Wildman–Crippen MR) is 97.2 cm³/mol. The number of rotatable bonds is 3. The molecule has 1 aromatic rings. The van der Waals surface area contributed by atoms with Crippen molar-refractivity contribution in [2.45, 2.75) is 89.3 Å². The average molecular weight is 359 g/mol. The van der Waals surface area contributed by atoms with E-state index >= 15 is 0 Å². The van der Waals surface area contributed by atoms with Crippen molar-refractivity contribution in [3.05, 3.63) is 17.5 Å². The Kier molecular flexibility index (Phi) is 4.12. The maximum atomic E-state index is 13.3. The van der Waals surface area contributed by atoms with Crippen molar-refractivity contribution in [3.8, 4) is 0 Å². The summed E-state index contributed by atoms with van der Waals surface area (Å²) in [5, 5.41) is 14.3. The lowest BCUT2D eigenvalue weighted by atomic mass is 9.84. The summed E-state index contributed by atoms with van der Waals surface area (Å²) in [5.41, 5.74) is 1.34. The van der Waals surface area contributed by atoms with E-state index in [1.807, 2.05) is 10.7 Å². The second kappa shape index (κ2) is 6.10. The van der Waals surface area contributed by atoms with E-state index in [2.05, 4.69) is 25.9 Å². The molecule has 0 spiro atoms. The minimum atomic E-state index is -0.884. The normalized spacial score (nSPS) is 28.9. The Labute approximate surface area is 154 Å². The molecular formula is C20H29N3O3. The summed E-state index contributed by atoms with van der Waals surface area (Å²) in [6.07, 6.45) is 7.02. The van der Waals surface area contributed by atoms with Crippen LogP contribution in [0, 0.1) is 5.92 Å². The Hall–Kier alpha value is -1.85. The van der Waals surface area contributed by atoms with Gasteiger partial charge in [0.1, 0.15) is 6.04 Å². The zero-order chi connectivity index (χ0) is 18.6. The number of likely N-dealkylation sites (tertiary alicyclic amines) is 1. The molecule has 6 heteroatoms. The molecule has 1 aromatic heterocycles. The third-order valence-electron chi connectivity index (χ3n) is 6.19. The highest BCUT2D eigenvalue weighted by atomic mass is 16.4. The Morgan fingerprint density at radius 2 is 1.85 bits per heavy atom. The molecular weight excluding hydrogens is 330 g/mol. The van der Waals surface area contributed by atoms with Gasteiger partial charge in [0, 0.05) is 17.7 Å². The lowest BCUT2D eigenvalue weighted by Gasteiger charge is -2.32. The maximum Gasteiger partial charge on any atom is 0.326 e. The van der Waals surface area contributed by atoms with Crippen molar-refractivity contribution in [3.63, 3.8) is 0 Å². The van der Waals surface area contributed by atoms with Gasteiger partial charge in [-0.1, -0.05) is 12.8 Å². The van der Waals surface area contributed by atoms with Crippen molar-refractivity contribution < 1.29 is 14.7 Å². The van der Waals surface area contributed by atoms with Gasteiger partial charge in [0.05, 0.1) is 5.54 Å². The van der Waals surface area contributed by atoms with Crippen molar-refractivity contribution in [1.82, 2.24) is 14.7 Å². The number of amides is 1. The van der Waals surface area contributed by atoms with Crippen LogP contribution in [0.4, 0.5) is 0 Å². The molecule has 6 nitrogen and oxygen atoms in total. The van der Waals surface area contributed by atoms with Gasteiger partial charge in [0.2, 0.25) is 0 Å². The van der Waals surface area contributed by atoms with Gasteiger partial charge in [-0.3, -0.25) is 9.48 Å². The third-order valence-corrected chi connectivity index (χ3v) is 6.19. The number of carboxylic acids is 1. The van der Waals surface area contributed by atoms with Crippen LogP contribution in [0.5, 0.6) is 0 Å². The fourth-order valence-electron chi connectivity index (χ4n) is 4.81. The maximum absolute atomic E-state index is 13.3. The fourth-order valence-corrected chi connectivity index (χ4v) is 4.81. The van der Waals surface area contributed by atoms with Gasteiger partial charge in [-0.2, -0.15) is 5.10 Å². The zero-order valence-corrected chi connectivity index (χ0v) is 15.9. The van der Waals surface area contributed by atoms with E-state index in [9.17, 15) is 14.7 Å². The summed E-state index contributed by atoms with van der Waals surface area (Å²) >= 11 is 0. The van der Waals surface area contributed by atoms with Crippen LogP contribution in [0.2, 0.25) is 0 Å². The number of carboxylic acid groups (broad SMARTS) is 1. The molecule has 142 valence electrons. The van der Waals surface area contributed by atoms with E-state index in [0.717, 1.165) is 44.2 Å². The molecule has 2 aliphatic carbocycles. The molecule has 3 atom stereocenters. The van der Waals surface area contributed by atoms with Gasteiger partial charge in [-0.05, 0) is 64.9 Å². The van der Waals surface area contributed by atoms with Crippen LogP contribution in [0.15, 0.2) is 6.07 Å². The van der Waals surface area contributed by atoms with Gasteiger partial charge in [0.15, 0.2) is 5.69 Å². The van der Waals surface area contributed by atoms with Crippen LogP contribution >= 0.6 is 0 Å². The first-order valence-corrected chi connectivity index (χ1v) is 9.93. The van der Waals surface area contributed by atoms with Gasteiger partial charge in [-0.15, -0.1) is 0 Å². The van der Waals surface area contributed by atoms with Crippen LogP contribution in [0.3, 0.4) is 0 Å². The monoisotopic (exact) mass is 359 g/mol. The van der Waals surface area contributed by atoms with Crippen molar-refractivity contribution >= 4 is 11.9 Å². The second-order valence-corrected chi connectivity index (χ2v) is 9.23. The Morgan fingerprint density at radius 1 is 1.15 bits per heavy atom. The van der Waals surface area contributed by atoms with E-state index in [0.29, 0.717) is 24.0 Å². The first-order valence-electron chi connectivity index (χ1n) is 9.93. The van der Waals surface area contributed by atoms with Crippen LogP contribution < -0.4 is 0 Å². The van der Waals surface area contributed by atoms with Gasteiger partial charge < -0.3 is 10.0 Å². The fraction of sp³-hybridized carbons (Fsp3) is 0.750. The molecule has 1 saturated heterocycles. The van der Waals surface area contributed by atoms with Gasteiger partial charge in [-0.25, -0.2) is 4.79 Å². The molecule has 0 radical (unpaired) electrons. The molecule has 3 fully saturated rings. The first kappa shape index (κ1) is 17.6. The number of fused-ring (bicyclic) bond motifs is 1. The molecule has 1 N–H and O–H groups in total. The quantitative estimate of drug-likeness (QED) is 0.898. The molecule has 1 amide bonds. The minimum Gasteiger partial charge on any atom is -0.480 e. The number of hydrogen-bond donors (Lipinski definition) is 1. The SMILES string of the molecule is CC(C)(C)n1nc(C(=O)N2[C@H](C(=O)O)C[C@H]3CCCC[C@@H]32)cc1C1CC1. The van der Waals surface area contributed by atoms with E-state index in [1.165, 1.54) is 0 Å². The van der Waals surface area contributed by atoms with Crippen LogP contribution in [0.1, 0.15) is 87.8 Å². The Bertz CT molecular complexity index is 729. The lowest BCUT2D eigenvalue weighted by Crippen LogP contribution is -2.46. The summed E-state index contributed by atoms with van der Waals surface area (Å²) in [4.78, 5) is 26.8. The summed E-state index contributed by atoms with van der Waals surface area (Å²) < 4.78 is 1.97. The van der Waals surface area contributed by atoms with Crippen molar-refractivity contribution in [2.24, 2.45) is 5.92 Å². The molecule has 0 aromatic carbocycles. The third kappa shape index (κ3) is 2.93. The van der Waals surface area contributed by atoms with Crippen molar-refractivity contribution in [1.29, 1.82) is 0 Å². The van der Waals surface area contributed by atoms with Gasteiger partial charge >= 0.3 is 5.97 Å². The van der Waals surface area contributed by atoms with Gasteiger partial charge in [0.25, 0.3) is 5.91 Å². The molecule has 4 rings (SSSR count). The highest BCUT2D eigenvalue weighted by Crippen LogP contribution is 2.43. The number of hydrogen-bond acceptors (Lipinski definition) is 3. The molecule has 2 heterocycles. The molecule has 0 unspecified atom stereocenters. The molecule has 3 aliphatic rings. The largest absolute Gasteiger partial charge is 0.480 e. The highest BCUT2D eigenvalue weighted by molar-refractivity contribution is 5.96.